The average molecular weight is 306 g/mol. The molecule has 1 fully saturated rings. The molecule has 5 nitrogen and oxygen atoms in total. The lowest BCUT2D eigenvalue weighted by Crippen LogP contribution is -2.44. The first-order chi connectivity index (χ1) is 8.91. The molecule has 0 spiro atoms. The monoisotopic (exact) mass is 305 g/mol. The van der Waals surface area contributed by atoms with Crippen molar-refractivity contribution in [3.63, 3.8) is 0 Å². The molecule has 0 aromatic rings. The van der Waals surface area contributed by atoms with Gasteiger partial charge in [0.05, 0.1) is 6.54 Å². The van der Waals surface area contributed by atoms with Crippen LogP contribution < -0.4 is 5.73 Å². The van der Waals surface area contributed by atoms with Gasteiger partial charge in [0, 0.05) is 32.6 Å². The molecule has 20 heavy (non-hydrogen) atoms. The second-order valence-electron chi connectivity index (χ2n) is 5.78. The summed E-state index contributed by atoms with van der Waals surface area (Å²) in [4.78, 5) is 27.0. The van der Waals surface area contributed by atoms with Gasteiger partial charge in [-0.25, -0.2) is 0 Å². The zero-order valence-electron chi connectivity index (χ0n) is 12.8. The number of nitrogens with two attached hydrogens (primary N) is 1. The zero-order valence-corrected chi connectivity index (χ0v) is 13.6. The summed E-state index contributed by atoms with van der Waals surface area (Å²) in [5.74, 6) is 0.533. The Kier molecular flexibility index (Phi) is 8.81. The number of hydrogen-bond donors (Lipinski definition) is 1. The van der Waals surface area contributed by atoms with Gasteiger partial charge < -0.3 is 15.5 Å². The predicted octanol–water partition coefficient (Wildman–Crippen LogP) is 1.25. The van der Waals surface area contributed by atoms with Gasteiger partial charge in [-0.1, -0.05) is 13.8 Å². The lowest BCUT2D eigenvalue weighted by Gasteiger charge is -2.28. The first-order valence-electron chi connectivity index (χ1n) is 7.19. The maximum absolute atomic E-state index is 12.0. The Morgan fingerprint density at radius 2 is 2.05 bits per heavy atom. The highest BCUT2D eigenvalue weighted by molar-refractivity contribution is 5.85. The minimum absolute atomic E-state index is 0. The number of amides is 2. The van der Waals surface area contributed by atoms with Gasteiger partial charge in [0.2, 0.25) is 11.8 Å². The number of hydrogen-bond acceptors (Lipinski definition) is 3. The molecule has 2 N–H and O–H groups in total. The van der Waals surface area contributed by atoms with Crippen molar-refractivity contribution in [3.8, 4) is 0 Å². The van der Waals surface area contributed by atoms with Crippen LogP contribution in [0.1, 0.15) is 39.5 Å². The summed E-state index contributed by atoms with van der Waals surface area (Å²) < 4.78 is 0. The third-order valence-electron chi connectivity index (χ3n) is 3.83. The number of likely N-dealkylation sites (tertiary alicyclic amines) is 1. The molecule has 0 bridgehead atoms. The van der Waals surface area contributed by atoms with Gasteiger partial charge in [-0.05, 0) is 25.2 Å². The van der Waals surface area contributed by atoms with E-state index in [2.05, 4.69) is 13.8 Å². The molecular weight excluding hydrogens is 278 g/mol. The van der Waals surface area contributed by atoms with Crippen LogP contribution in [0.2, 0.25) is 0 Å². The van der Waals surface area contributed by atoms with Crippen molar-refractivity contribution >= 4 is 24.2 Å². The van der Waals surface area contributed by atoms with E-state index in [-0.39, 0.29) is 36.8 Å². The molecule has 0 radical (unpaired) electrons. The molecule has 0 aromatic carbocycles. The highest BCUT2D eigenvalue weighted by atomic mass is 35.5. The minimum Gasteiger partial charge on any atom is -0.344 e. The quantitative estimate of drug-likeness (QED) is 0.803. The van der Waals surface area contributed by atoms with Crippen LogP contribution in [0, 0.1) is 5.92 Å². The Bertz CT molecular complexity index is 324. The van der Waals surface area contributed by atoms with Crippen LogP contribution in [-0.4, -0.2) is 54.3 Å². The van der Waals surface area contributed by atoms with Crippen LogP contribution in [0.4, 0.5) is 0 Å². The Hall–Kier alpha value is -0.810. The molecule has 1 atom stereocenters. The van der Waals surface area contributed by atoms with Crippen molar-refractivity contribution < 1.29 is 9.59 Å². The summed E-state index contributed by atoms with van der Waals surface area (Å²) in [7, 11) is 1.78. The van der Waals surface area contributed by atoms with Gasteiger partial charge in [-0.15, -0.1) is 12.4 Å². The number of carbonyl (C=O) groups is 2. The SMILES string of the molecule is CC(C)C(N)CCN(C)C(=O)CN1CCCCC1=O.Cl. The minimum atomic E-state index is 0. The summed E-state index contributed by atoms with van der Waals surface area (Å²) >= 11 is 0. The Labute approximate surface area is 128 Å². The molecular formula is C14H28ClN3O2. The predicted molar refractivity (Wildman–Crippen MR) is 82.7 cm³/mol. The summed E-state index contributed by atoms with van der Waals surface area (Å²) in [5.41, 5.74) is 5.97. The molecule has 6 heteroatoms. The van der Waals surface area contributed by atoms with Crippen molar-refractivity contribution in [2.45, 2.75) is 45.6 Å². The van der Waals surface area contributed by atoms with Crippen LogP contribution in [0.15, 0.2) is 0 Å². The van der Waals surface area contributed by atoms with Gasteiger partial charge >= 0.3 is 0 Å². The Balaban J connectivity index is 0.00000361. The fraction of sp³-hybridized carbons (Fsp3) is 0.857. The molecule has 1 aliphatic rings. The molecule has 118 valence electrons. The molecule has 1 rings (SSSR count). The second kappa shape index (κ2) is 9.19. The fourth-order valence-electron chi connectivity index (χ4n) is 2.11. The van der Waals surface area contributed by atoms with Gasteiger partial charge in [0.15, 0.2) is 0 Å². The van der Waals surface area contributed by atoms with E-state index < -0.39 is 0 Å². The van der Waals surface area contributed by atoms with E-state index in [0.29, 0.717) is 25.4 Å². The fourth-order valence-corrected chi connectivity index (χ4v) is 2.11. The number of nitrogens with zero attached hydrogens (tertiary/aromatic N) is 2. The number of carbonyl (C=O) groups excluding carboxylic acids is 2. The molecule has 0 aromatic heterocycles. The standard InChI is InChI=1S/C14H27N3O2.ClH/c1-11(2)12(15)7-9-16(3)14(19)10-17-8-5-4-6-13(17)18;/h11-12H,4-10,15H2,1-3H3;1H. The lowest BCUT2D eigenvalue weighted by molar-refractivity contribution is -0.141. The van der Waals surface area contributed by atoms with E-state index >= 15 is 0 Å². The summed E-state index contributed by atoms with van der Waals surface area (Å²) in [6, 6.07) is 0.117. The highest BCUT2D eigenvalue weighted by Gasteiger charge is 2.22. The molecule has 0 saturated carbocycles. The van der Waals surface area contributed by atoms with E-state index in [1.807, 2.05) is 0 Å². The van der Waals surface area contributed by atoms with Gasteiger partial charge in [-0.2, -0.15) is 0 Å². The van der Waals surface area contributed by atoms with Crippen LogP contribution in [0.5, 0.6) is 0 Å². The number of piperidine rings is 1. The smallest absolute Gasteiger partial charge is 0.241 e. The lowest BCUT2D eigenvalue weighted by atomic mass is 10.0. The zero-order chi connectivity index (χ0) is 14.4. The third-order valence-corrected chi connectivity index (χ3v) is 3.83. The summed E-state index contributed by atoms with van der Waals surface area (Å²) in [6.45, 7) is 5.74. The topological polar surface area (TPSA) is 66.6 Å². The van der Waals surface area contributed by atoms with Gasteiger partial charge in [0.1, 0.15) is 0 Å². The molecule has 1 aliphatic heterocycles. The van der Waals surface area contributed by atoms with E-state index in [9.17, 15) is 9.59 Å². The van der Waals surface area contributed by atoms with Crippen LogP contribution in [-0.2, 0) is 9.59 Å². The van der Waals surface area contributed by atoms with Crippen molar-refractivity contribution in [2.75, 3.05) is 26.7 Å². The van der Waals surface area contributed by atoms with Crippen LogP contribution in [0.3, 0.4) is 0 Å². The van der Waals surface area contributed by atoms with Gasteiger partial charge in [-0.3, -0.25) is 9.59 Å². The number of halogens is 1. The van der Waals surface area contributed by atoms with Gasteiger partial charge in [0.25, 0.3) is 0 Å². The Morgan fingerprint density at radius 3 is 2.60 bits per heavy atom. The maximum atomic E-state index is 12.0. The Morgan fingerprint density at radius 1 is 1.40 bits per heavy atom. The molecule has 0 aliphatic carbocycles. The van der Waals surface area contributed by atoms with Crippen molar-refractivity contribution in [1.82, 2.24) is 9.80 Å². The molecule has 1 saturated heterocycles. The highest BCUT2D eigenvalue weighted by Crippen LogP contribution is 2.10. The molecule has 1 unspecified atom stereocenters. The largest absolute Gasteiger partial charge is 0.344 e. The first-order valence-corrected chi connectivity index (χ1v) is 7.19. The normalized spacial score (nSPS) is 16.9. The summed E-state index contributed by atoms with van der Waals surface area (Å²) in [6.07, 6.45) is 3.33. The molecule has 2 amide bonds. The average Bonchev–Trinajstić information content (AvgIpc) is 2.37. The van der Waals surface area contributed by atoms with Crippen LogP contribution in [0.25, 0.3) is 0 Å². The maximum Gasteiger partial charge on any atom is 0.241 e. The van der Waals surface area contributed by atoms with Crippen LogP contribution >= 0.6 is 12.4 Å². The number of rotatable bonds is 6. The van der Waals surface area contributed by atoms with Crippen molar-refractivity contribution in [2.24, 2.45) is 11.7 Å². The second-order valence-corrected chi connectivity index (χ2v) is 5.78. The van der Waals surface area contributed by atoms with E-state index in [1.54, 1.807) is 16.8 Å². The summed E-state index contributed by atoms with van der Waals surface area (Å²) in [5, 5.41) is 0. The molecule has 1 heterocycles. The third kappa shape index (κ3) is 6.09. The van der Waals surface area contributed by atoms with E-state index in [1.165, 1.54) is 0 Å². The first kappa shape index (κ1) is 19.2. The van der Waals surface area contributed by atoms with E-state index in [4.69, 9.17) is 5.73 Å². The van der Waals surface area contributed by atoms with Crippen molar-refractivity contribution in [1.29, 1.82) is 0 Å². The van der Waals surface area contributed by atoms with Crippen molar-refractivity contribution in [3.05, 3.63) is 0 Å². The van der Waals surface area contributed by atoms with E-state index in [0.717, 1.165) is 19.3 Å². The number of likely N-dealkylation sites (N-methyl/N-ethyl adjacent to an activating group) is 1.